The van der Waals surface area contributed by atoms with Crippen LogP contribution in [0.15, 0.2) is 0 Å². The zero-order chi connectivity index (χ0) is 12.8. The molecule has 0 aromatic heterocycles. The quantitative estimate of drug-likeness (QED) is 0.508. The maximum absolute atomic E-state index is 11.6. The highest BCUT2D eigenvalue weighted by atomic mass is 31.2. The second-order valence-corrected chi connectivity index (χ2v) is 6.32. The van der Waals surface area contributed by atoms with Gasteiger partial charge in [-0.3, -0.25) is 14.2 Å². The molecule has 5 nitrogen and oxygen atoms in total. The molecular weight excluding hydrogens is 231 g/mol. The predicted octanol–water partition coefficient (Wildman–Crippen LogP) is 2.08. The van der Waals surface area contributed by atoms with Gasteiger partial charge in [-0.25, -0.2) is 0 Å². The van der Waals surface area contributed by atoms with Crippen molar-refractivity contribution < 1.29 is 24.2 Å². The Morgan fingerprint density at radius 1 is 1.31 bits per heavy atom. The van der Waals surface area contributed by atoms with Crippen LogP contribution in [0, 0.1) is 5.92 Å². The topological polar surface area (TPSA) is 91.7 Å². The first-order valence-electron chi connectivity index (χ1n) is 5.39. The summed E-state index contributed by atoms with van der Waals surface area (Å²) in [6, 6.07) is 0. The van der Waals surface area contributed by atoms with E-state index in [2.05, 4.69) is 0 Å². The minimum absolute atomic E-state index is 0.0357. The molecule has 0 aliphatic rings. The lowest BCUT2D eigenvalue weighted by molar-refractivity contribution is -0.142. The number of hydrogen-bond donors (Lipinski definition) is 2. The van der Waals surface area contributed by atoms with E-state index in [4.69, 9.17) is 5.11 Å². The molecule has 0 rings (SSSR count). The van der Waals surface area contributed by atoms with Crippen molar-refractivity contribution in [3.63, 3.8) is 0 Å². The van der Waals surface area contributed by atoms with E-state index in [9.17, 15) is 19.0 Å². The molecule has 0 saturated carbocycles. The van der Waals surface area contributed by atoms with Gasteiger partial charge in [0.15, 0.2) is 0 Å². The second-order valence-electron chi connectivity index (χ2n) is 3.97. The first kappa shape index (κ1) is 15.3. The van der Waals surface area contributed by atoms with Gasteiger partial charge in [0.2, 0.25) is 5.52 Å². The molecule has 0 spiro atoms. The highest BCUT2D eigenvalue weighted by Gasteiger charge is 2.30. The van der Waals surface area contributed by atoms with E-state index in [-0.39, 0.29) is 12.6 Å². The van der Waals surface area contributed by atoms with Crippen LogP contribution in [0.3, 0.4) is 0 Å². The fraction of sp³-hybridized carbons (Fsp3) is 0.800. The van der Waals surface area contributed by atoms with Crippen molar-refractivity contribution in [2.75, 3.05) is 6.16 Å². The van der Waals surface area contributed by atoms with E-state index in [0.29, 0.717) is 6.42 Å². The maximum atomic E-state index is 11.6. The monoisotopic (exact) mass is 250 g/mol. The van der Waals surface area contributed by atoms with E-state index in [0.717, 1.165) is 12.8 Å². The van der Waals surface area contributed by atoms with Gasteiger partial charge in [0, 0.05) is 12.6 Å². The van der Waals surface area contributed by atoms with Crippen LogP contribution in [0.5, 0.6) is 0 Å². The van der Waals surface area contributed by atoms with Gasteiger partial charge >= 0.3 is 5.97 Å². The summed E-state index contributed by atoms with van der Waals surface area (Å²) in [4.78, 5) is 31.3. The molecule has 0 fully saturated rings. The Kier molecular flexibility index (Phi) is 6.53. The summed E-state index contributed by atoms with van der Waals surface area (Å²) in [7, 11) is -3.81. The van der Waals surface area contributed by atoms with Crippen molar-refractivity contribution in [3.8, 4) is 0 Å². The summed E-state index contributed by atoms with van der Waals surface area (Å²) in [6.45, 7) is 3.31. The average Bonchev–Trinajstić information content (AvgIpc) is 2.17. The third-order valence-corrected chi connectivity index (χ3v) is 4.24. The summed E-state index contributed by atoms with van der Waals surface area (Å²) in [5, 5.41) is 8.59. The third-order valence-electron chi connectivity index (χ3n) is 2.36. The lowest BCUT2D eigenvalue weighted by Gasteiger charge is -2.11. The molecule has 94 valence electrons. The Bertz CT molecular complexity index is 300. The van der Waals surface area contributed by atoms with Gasteiger partial charge < -0.3 is 10.00 Å². The minimum atomic E-state index is -3.81. The number of hydrogen-bond acceptors (Lipinski definition) is 3. The summed E-state index contributed by atoms with van der Waals surface area (Å²) in [5.41, 5.74) is -0.821. The second kappa shape index (κ2) is 6.81. The molecule has 2 atom stereocenters. The van der Waals surface area contributed by atoms with Crippen LogP contribution in [0.4, 0.5) is 0 Å². The predicted molar refractivity (Wildman–Crippen MR) is 60.6 cm³/mol. The highest BCUT2D eigenvalue weighted by molar-refractivity contribution is 7.75. The van der Waals surface area contributed by atoms with Crippen LogP contribution in [-0.2, 0) is 14.2 Å². The number of unbranched alkanes of at least 4 members (excludes halogenated alkanes) is 2. The van der Waals surface area contributed by atoms with E-state index < -0.39 is 24.8 Å². The van der Waals surface area contributed by atoms with Crippen LogP contribution in [-0.4, -0.2) is 27.7 Å². The van der Waals surface area contributed by atoms with Gasteiger partial charge in [-0.1, -0.05) is 26.7 Å². The Morgan fingerprint density at radius 2 is 1.88 bits per heavy atom. The van der Waals surface area contributed by atoms with Gasteiger partial charge in [-0.05, 0) is 6.42 Å². The van der Waals surface area contributed by atoms with Gasteiger partial charge in [0.25, 0.3) is 7.37 Å². The first-order chi connectivity index (χ1) is 7.31. The van der Waals surface area contributed by atoms with Crippen molar-refractivity contribution in [2.24, 2.45) is 5.92 Å². The van der Waals surface area contributed by atoms with E-state index in [1.807, 2.05) is 6.92 Å². The molecule has 0 saturated heterocycles. The zero-order valence-electron chi connectivity index (χ0n) is 9.68. The molecule has 0 aliphatic carbocycles. The smallest absolute Gasteiger partial charge is 0.306 e. The van der Waals surface area contributed by atoms with Crippen LogP contribution < -0.4 is 0 Å². The molecule has 16 heavy (non-hydrogen) atoms. The van der Waals surface area contributed by atoms with E-state index >= 15 is 0 Å². The van der Waals surface area contributed by atoms with Gasteiger partial charge in [-0.2, -0.15) is 0 Å². The summed E-state index contributed by atoms with van der Waals surface area (Å²) in [5.74, 6) is -2.03. The molecule has 0 heterocycles. The number of rotatable bonds is 8. The minimum Gasteiger partial charge on any atom is -0.481 e. The number of carboxylic acid groups (broad SMARTS) is 1. The average molecular weight is 250 g/mol. The molecular formula is C10H19O5P. The van der Waals surface area contributed by atoms with Crippen molar-refractivity contribution >= 4 is 18.9 Å². The Hall–Kier alpha value is -0.670. The van der Waals surface area contributed by atoms with Crippen LogP contribution >= 0.6 is 7.37 Å². The molecule has 6 heteroatoms. The lowest BCUT2D eigenvalue weighted by atomic mass is 10.1. The molecule has 0 amide bonds. The van der Waals surface area contributed by atoms with E-state index in [1.165, 1.54) is 6.92 Å². The molecule has 0 aliphatic heterocycles. The normalized spacial score (nSPS) is 16.4. The van der Waals surface area contributed by atoms with E-state index in [1.54, 1.807) is 0 Å². The number of carboxylic acids is 1. The fourth-order valence-electron chi connectivity index (χ4n) is 1.19. The summed E-state index contributed by atoms with van der Waals surface area (Å²) < 4.78 is 11.6. The van der Waals surface area contributed by atoms with Gasteiger partial charge in [0.05, 0.1) is 5.92 Å². The Morgan fingerprint density at radius 3 is 2.31 bits per heavy atom. The van der Waals surface area contributed by atoms with Crippen molar-refractivity contribution in [1.29, 1.82) is 0 Å². The SMILES string of the molecule is CCCCCP(=O)(O)C(=O)CC(C)C(=O)O. The molecule has 0 bridgehead atoms. The zero-order valence-corrected chi connectivity index (χ0v) is 10.6. The molecule has 0 aromatic rings. The Labute approximate surface area is 95.3 Å². The van der Waals surface area contributed by atoms with Crippen LogP contribution in [0.25, 0.3) is 0 Å². The van der Waals surface area contributed by atoms with Crippen LogP contribution in [0.1, 0.15) is 39.5 Å². The van der Waals surface area contributed by atoms with Crippen molar-refractivity contribution in [1.82, 2.24) is 0 Å². The number of aliphatic carboxylic acids is 1. The molecule has 2 N–H and O–H groups in total. The molecule has 0 radical (unpaired) electrons. The number of carbonyl (C=O) groups excluding carboxylic acids is 1. The number of carbonyl (C=O) groups is 2. The van der Waals surface area contributed by atoms with Crippen molar-refractivity contribution in [3.05, 3.63) is 0 Å². The maximum Gasteiger partial charge on any atom is 0.306 e. The lowest BCUT2D eigenvalue weighted by Crippen LogP contribution is -2.15. The largest absolute Gasteiger partial charge is 0.481 e. The van der Waals surface area contributed by atoms with Crippen LogP contribution in [0.2, 0.25) is 0 Å². The molecule has 0 aromatic carbocycles. The standard InChI is InChI=1S/C10H19O5P/c1-3-4-5-6-16(14,15)9(11)7-8(2)10(12)13/h8H,3-7H2,1-2H3,(H,12,13)(H,14,15). The highest BCUT2D eigenvalue weighted by Crippen LogP contribution is 2.44. The van der Waals surface area contributed by atoms with Gasteiger partial charge in [-0.15, -0.1) is 0 Å². The van der Waals surface area contributed by atoms with Gasteiger partial charge in [0.1, 0.15) is 0 Å². The van der Waals surface area contributed by atoms with Crippen molar-refractivity contribution in [2.45, 2.75) is 39.5 Å². The third kappa shape index (κ3) is 5.42. The first-order valence-corrected chi connectivity index (χ1v) is 7.23. The molecule has 2 unspecified atom stereocenters. The summed E-state index contributed by atoms with van der Waals surface area (Å²) in [6.07, 6.45) is 1.82. The fourth-order valence-corrected chi connectivity index (χ4v) is 2.65. The summed E-state index contributed by atoms with van der Waals surface area (Å²) >= 11 is 0. The Balaban J connectivity index is 4.24.